The van der Waals surface area contributed by atoms with Gasteiger partial charge < -0.3 is 5.32 Å². The molecule has 1 aliphatic rings. The maximum Gasteiger partial charge on any atom is 0.251 e. The molecule has 1 aromatic rings. The zero-order valence-corrected chi connectivity index (χ0v) is 12.5. The Labute approximate surface area is 122 Å². The summed E-state index contributed by atoms with van der Waals surface area (Å²) in [7, 11) is -3.16. The van der Waals surface area contributed by atoms with Gasteiger partial charge in [0, 0.05) is 10.6 Å². The van der Waals surface area contributed by atoms with E-state index in [1.54, 1.807) is 25.1 Å². The number of nitrogens with one attached hydrogen (secondary N) is 1. The molecule has 1 saturated heterocycles. The first-order chi connectivity index (χ1) is 8.78. The molecule has 0 aliphatic carbocycles. The summed E-state index contributed by atoms with van der Waals surface area (Å²) in [5.41, 5.74) is 1.23. The Morgan fingerprint density at radius 1 is 1.37 bits per heavy atom. The first-order valence-corrected chi connectivity index (χ1v) is 8.33. The Kier molecular flexibility index (Phi) is 4.08. The maximum atomic E-state index is 12.0. The van der Waals surface area contributed by atoms with Crippen LogP contribution in [0.2, 0.25) is 5.02 Å². The molecule has 19 heavy (non-hydrogen) atoms. The van der Waals surface area contributed by atoms with E-state index in [1.165, 1.54) is 0 Å². The first kappa shape index (κ1) is 14.6. The number of rotatable bonds is 2. The highest BCUT2D eigenvalue weighted by Crippen LogP contribution is 2.20. The van der Waals surface area contributed by atoms with Gasteiger partial charge in [-0.25, -0.2) is 8.42 Å². The highest BCUT2D eigenvalue weighted by Gasteiger charge is 2.37. The average Bonchev–Trinajstić information content (AvgIpc) is 2.55. The summed E-state index contributed by atoms with van der Waals surface area (Å²) in [5.74, 6) is -0.550. The summed E-state index contributed by atoms with van der Waals surface area (Å²) in [6.45, 7) is 1.80. The Balaban J connectivity index is 2.11. The highest BCUT2D eigenvalue weighted by atomic mass is 35.5. The Hall–Kier alpha value is -0.780. The monoisotopic (exact) mass is 321 g/mol. The zero-order chi connectivity index (χ0) is 14.2. The van der Waals surface area contributed by atoms with Gasteiger partial charge in [0.05, 0.1) is 22.9 Å². The molecule has 0 saturated carbocycles. The molecule has 2 unspecified atom stereocenters. The molecule has 1 fully saturated rings. The van der Waals surface area contributed by atoms with E-state index in [-0.39, 0.29) is 17.4 Å². The summed E-state index contributed by atoms with van der Waals surface area (Å²) >= 11 is 11.8. The number of hydrogen-bond acceptors (Lipinski definition) is 3. The topological polar surface area (TPSA) is 63.2 Å². The lowest BCUT2D eigenvalue weighted by atomic mass is 10.1. The van der Waals surface area contributed by atoms with Crippen molar-refractivity contribution >= 4 is 38.9 Å². The van der Waals surface area contributed by atoms with Crippen LogP contribution >= 0.6 is 23.2 Å². The SMILES string of the molecule is Cc1cc(C(=O)NC2CS(=O)(=O)CC2Cl)ccc1Cl. The number of benzene rings is 1. The maximum absolute atomic E-state index is 12.0. The van der Waals surface area contributed by atoms with Gasteiger partial charge in [0.25, 0.3) is 5.91 Å². The molecule has 7 heteroatoms. The molecule has 1 amide bonds. The van der Waals surface area contributed by atoms with Crippen LogP contribution in [0.1, 0.15) is 15.9 Å². The number of sulfone groups is 1. The van der Waals surface area contributed by atoms with E-state index in [4.69, 9.17) is 23.2 Å². The molecule has 0 radical (unpaired) electrons. The molecule has 104 valence electrons. The lowest BCUT2D eigenvalue weighted by molar-refractivity contribution is 0.0941. The molecule has 4 nitrogen and oxygen atoms in total. The van der Waals surface area contributed by atoms with Crippen molar-refractivity contribution < 1.29 is 13.2 Å². The average molecular weight is 322 g/mol. The predicted molar refractivity (Wildman–Crippen MR) is 75.7 cm³/mol. The van der Waals surface area contributed by atoms with Crippen LogP contribution in [0.25, 0.3) is 0 Å². The van der Waals surface area contributed by atoms with E-state index in [0.29, 0.717) is 10.6 Å². The van der Waals surface area contributed by atoms with Crippen LogP contribution in [0.15, 0.2) is 18.2 Å². The van der Waals surface area contributed by atoms with Gasteiger partial charge in [-0.15, -0.1) is 11.6 Å². The highest BCUT2D eigenvalue weighted by molar-refractivity contribution is 7.91. The van der Waals surface area contributed by atoms with Gasteiger partial charge in [-0.05, 0) is 30.7 Å². The van der Waals surface area contributed by atoms with Crippen LogP contribution in [-0.2, 0) is 9.84 Å². The lowest BCUT2D eigenvalue weighted by Gasteiger charge is -2.14. The Morgan fingerprint density at radius 3 is 2.58 bits per heavy atom. The van der Waals surface area contributed by atoms with Crippen LogP contribution in [-0.4, -0.2) is 37.2 Å². The van der Waals surface area contributed by atoms with Crippen molar-refractivity contribution in [3.63, 3.8) is 0 Å². The second kappa shape index (κ2) is 5.31. The molecular formula is C12H13Cl2NO3S. The summed E-state index contributed by atoms with van der Waals surface area (Å²) in [6.07, 6.45) is 0. The van der Waals surface area contributed by atoms with Gasteiger partial charge in [-0.2, -0.15) is 0 Å². The standard InChI is InChI=1S/C12H13Cl2NO3S/c1-7-4-8(2-3-9(7)13)12(16)15-11-6-19(17,18)5-10(11)14/h2-4,10-11H,5-6H2,1H3,(H,15,16). The second-order valence-electron chi connectivity index (χ2n) is 4.64. The lowest BCUT2D eigenvalue weighted by Crippen LogP contribution is -2.40. The molecule has 1 aliphatic heterocycles. The van der Waals surface area contributed by atoms with Crippen LogP contribution < -0.4 is 5.32 Å². The van der Waals surface area contributed by atoms with Crippen molar-refractivity contribution in [2.75, 3.05) is 11.5 Å². The third kappa shape index (κ3) is 3.41. The third-order valence-electron chi connectivity index (χ3n) is 3.02. The molecular weight excluding hydrogens is 309 g/mol. The molecule has 2 atom stereocenters. The minimum Gasteiger partial charge on any atom is -0.347 e. The summed E-state index contributed by atoms with van der Waals surface area (Å²) in [6, 6.07) is 4.34. The summed E-state index contributed by atoms with van der Waals surface area (Å²) < 4.78 is 22.8. The van der Waals surface area contributed by atoms with Crippen molar-refractivity contribution in [3.05, 3.63) is 34.3 Å². The number of carbonyl (C=O) groups excluding carboxylic acids is 1. The largest absolute Gasteiger partial charge is 0.347 e. The van der Waals surface area contributed by atoms with E-state index in [1.807, 2.05) is 0 Å². The number of amides is 1. The number of aryl methyl sites for hydroxylation is 1. The van der Waals surface area contributed by atoms with E-state index in [9.17, 15) is 13.2 Å². The van der Waals surface area contributed by atoms with Crippen LogP contribution in [0.4, 0.5) is 0 Å². The Morgan fingerprint density at radius 2 is 2.05 bits per heavy atom. The van der Waals surface area contributed by atoms with Crippen molar-refractivity contribution in [1.82, 2.24) is 5.32 Å². The molecule has 0 spiro atoms. The fourth-order valence-corrected chi connectivity index (χ4v) is 4.64. The quantitative estimate of drug-likeness (QED) is 0.844. The molecule has 0 aromatic heterocycles. The van der Waals surface area contributed by atoms with Crippen molar-refractivity contribution in [2.45, 2.75) is 18.3 Å². The molecule has 1 heterocycles. The van der Waals surface area contributed by atoms with Crippen molar-refractivity contribution in [3.8, 4) is 0 Å². The van der Waals surface area contributed by atoms with Gasteiger partial charge in [0.15, 0.2) is 9.84 Å². The van der Waals surface area contributed by atoms with Crippen LogP contribution in [0.3, 0.4) is 0 Å². The number of hydrogen-bond donors (Lipinski definition) is 1. The van der Waals surface area contributed by atoms with E-state index >= 15 is 0 Å². The van der Waals surface area contributed by atoms with Gasteiger partial charge in [-0.1, -0.05) is 11.6 Å². The third-order valence-corrected chi connectivity index (χ3v) is 5.82. The number of carbonyl (C=O) groups is 1. The minimum absolute atomic E-state index is 0.0981. The summed E-state index contributed by atoms with van der Waals surface area (Å²) in [5, 5.41) is 2.65. The van der Waals surface area contributed by atoms with E-state index in [0.717, 1.165) is 5.56 Å². The van der Waals surface area contributed by atoms with Gasteiger partial charge in [-0.3, -0.25) is 4.79 Å². The fraction of sp³-hybridized carbons (Fsp3) is 0.417. The van der Waals surface area contributed by atoms with Crippen LogP contribution in [0.5, 0.6) is 0 Å². The normalized spacial score (nSPS) is 25.2. The molecule has 2 rings (SSSR count). The smallest absolute Gasteiger partial charge is 0.251 e. The molecule has 1 aromatic carbocycles. The molecule has 1 N–H and O–H groups in total. The van der Waals surface area contributed by atoms with Gasteiger partial charge in [0.1, 0.15) is 0 Å². The number of alkyl halides is 1. The van der Waals surface area contributed by atoms with E-state index in [2.05, 4.69) is 5.32 Å². The van der Waals surface area contributed by atoms with Crippen molar-refractivity contribution in [2.24, 2.45) is 0 Å². The zero-order valence-electron chi connectivity index (χ0n) is 10.2. The second-order valence-corrected chi connectivity index (χ2v) is 7.76. The first-order valence-electron chi connectivity index (χ1n) is 5.70. The van der Waals surface area contributed by atoms with Crippen LogP contribution in [0, 0.1) is 6.92 Å². The molecule has 0 bridgehead atoms. The fourth-order valence-electron chi connectivity index (χ4n) is 1.97. The van der Waals surface area contributed by atoms with Crippen molar-refractivity contribution in [1.29, 1.82) is 0 Å². The summed E-state index contributed by atoms with van der Waals surface area (Å²) in [4.78, 5) is 12.0. The Bertz CT molecular complexity index is 615. The van der Waals surface area contributed by atoms with E-state index < -0.39 is 21.3 Å². The minimum atomic E-state index is -3.16. The number of halogens is 2. The predicted octanol–water partition coefficient (Wildman–Crippen LogP) is 1.78. The van der Waals surface area contributed by atoms with Gasteiger partial charge >= 0.3 is 0 Å². The van der Waals surface area contributed by atoms with Gasteiger partial charge in [0.2, 0.25) is 0 Å².